The second kappa shape index (κ2) is 5.30. The molecule has 19 heavy (non-hydrogen) atoms. The highest BCUT2D eigenvalue weighted by atomic mass is 32.2. The normalized spacial score (nSPS) is 35.4. The van der Waals surface area contributed by atoms with Crippen LogP contribution < -0.4 is 5.32 Å². The van der Waals surface area contributed by atoms with E-state index in [-0.39, 0.29) is 11.3 Å². The molecule has 0 bridgehead atoms. The molecule has 3 rings (SSSR count). The molecule has 0 spiro atoms. The van der Waals surface area contributed by atoms with Crippen LogP contribution >= 0.6 is 11.8 Å². The van der Waals surface area contributed by atoms with Crippen LogP contribution in [0.5, 0.6) is 0 Å². The maximum absolute atomic E-state index is 12.5. The van der Waals surface area contributed by atoms with Crippen molar-refractivity contribution in [3.8, 4) is 0 Å². The number of nitrogens with one attached hydrogen (secondary N) is 1. The molecule has 0 aromatic carbocycles. The van der Waals surface area contributed by atoms with Gasteiger partial charge in [0, 0.05) is 18.8 Å². The second-order valence-electron chi connectivity index (χ2n) is 5.22. The lowest BCUT2D eigenvalue weighted by atomic mass is 10.2. The molecule has 6 nitrogen and oxygen atoms in total. The second-order valence-corrected chi connectivity index (χ2v) is 6.37. The van der Waals surface area contributed by atoms with Crippen molar-refractivity contribution in [2.75, 3.05) is 25.4 Å². The first-order chi connectivity index (χ1) is 9.18. The third kappa shape index (κ3) is 2.59. The van der Waals surface area contributed by atoms with Gasteiger partial charge in [0.1, 0.15) is 12.1 Å². The number of carboxylic acid groups (broad SMARTS) is 1. The number of aliphatic carboxylic acids is 1. The topological polar surface area (TPSA) is 78.9 Å². The number of carboxylic acids is 1. The van der Waals surface area contributed by atoms with E-state index in [1.54, 1.807) is 16.7 Å². The van der Waals surface area contributed by atoms with Crippen molar-refractivity contribution < 1.29 is 19.4 Å². The van der Waals surface area contributed by atoms with E-state index in [4.69, 9.17) is 4.74 Å². The van der Waals surface area contributed by atoms with Crippen LogP contribution in [-0.2, 0) is 14.3 Å². The first-order valence-electron chi connectivity index (χ1n) is 6.67. The summed E-state index contributed by atoms with van der Waals surface area (Å²) in [5.74, 6) is -0.119. The highest BCUT2D eigenvalue weighted by Crippen LogP contribution is 2.45. The number of ether oxygens (including phenoxy) is 1. The molecular formula is C12H18N2O4S. The number of amides is 1. The van der Waals surface area contributed by atoms with Crippen LogP contribution in [0.15, 0.2) is 0 Å². The zero-order valence-corrected chi connectivity index (χ0v) is 11.4. The van der Waals surface area contributed by atoms with Crippen molar-refractivity contribution in [1.29, 1.82) is 0 Å². The van der Waals surface area contributed by atoms with E-state index in [0.717, 1.165) is 19.4 Å². The first-order valence-corrected chi connectivity index (χ1v) is 7.72. The molecule has 0 radical (unpaired) electrons. The number of thioether (sulfide) groups is 1. The minimum Gasteiger partial charge on any atom is -0.480 e. The fourth-order valence-corrected chi connectivity index (χ4v) is 4.27. The van der Waals surface area contributed by atoms with E-state index in [0.29, 0.717) is 24.8 Å². The molecule has 2 heterocycles. The molecule has 0 aromatic heterocycles. The van der Waals surface area contributed by atoms with E-state index >= 15 is 0 Å². The monoisotopic (exact) mass is 286 g/mol. The molecule has 3 atom stereocenters. The summed E-state index contributed by atoms with van der Waals surface area (Å²) in [7, 11) is 0. The van der Waals surface area contributed by atoms with Crippen LogP contribution in [0.4, 0.5) is 0 Å². The van der Waals surface area contributed by atoms with Crippen LogP contribution in [0.1, 0.15) is 12.8 Å². The van der Waals surface area contributed by atoms with Crippen molar-refractivity contribution in [3.63, 3.8) is 0 Å². The van der Waals surface area contributed by atoms with Gasteiger partial charge in [-0.1, -0.05) is 0 Å². The van der Waals surface area contributed by atoms with Gasteiger partial charge >= 0.3 is 5.97 Å². The maximum Gasteiger partial charge on any atom is 0.327 e. The molecule has 3 unspecified atom stereocenters. The highest BCUT2D eigenvalue weighted by Gasteiger charge is 2.49. The Labute approximate surface area is 115 Å². The minimum atomic E-state index is -0.909. The summed E-state index contributed by atoms with van der Waals surface area (Å²) in [6, 6.07) is -0.700. The number of morpholine rings is 1. The molecule has 1 saturated carbocycles. The smallest absolute Gasteiger partial charge is 0.327 e. The molecule has 0 aromatic rings. The van der Waals surface area contributed by atoms with Crippen LogP contribution in [0, 0.1) is 5.92 Å². The van der Waals surface area contributed by atoms with Crippen molar-refractivity contribution in [1.82, 2.24) is 10.2 Å². The summed E-state index contributed by atoms with van der Waals surface area (Å²) in [4.78, 5) is 25.4. The largest absolute Gasteiger partial charge is 0.480 e. The number of rotatable bonds is 3. The Morgan fingerprint density at radius 2 is 2.16 bits per heavy atom. The van der Waals surface area contributed by atoms with E-state index in [2.05, 4.69) is 5.32 Å². The van der Waals surface area contributed by atoms with Crippen molar-refractivity contribution in [2.45, 2.75) is 30.4 Å². The molecule has 3 aliphatic rings. The molecule has 2 aliphatic heterocycles. The highest BCUT2D eigenvalue weighted by molar-refractivity contribution is 8.00. The lowest BCUT2D eigenvalue weighted by Crippen LogP contribution is -2.55. The van der Waals surface area contributed by atoms with E-state index < -0.39 is 18.1 Å². The molecular weight excluding hydrogens is 268 g/mol. The van der Waals surface area contributed by atoms with Gasteiger partial charge in [0.2, 0.25) is 0 Å². The Kier molecular flexibility index (Phi) is 3.68. The Morgan fingerprint density at radius 1 is 1.37 bits per heavy atom. The van der Waals surface area contributed by atoms with Crippen molar-refractivity contribution in [2.24, 2.45) is 5.92 Å². The first kappa shape index (κ1) is 13.2. The Morgan fingerprint density at radius 3 is 2.74 bits per heavy atom. The standard InChI is InChI=1S/C12H18N2O4S/c15-10(9-5-13-3-4-18-9)14-8(12(16)17)6-19-11(14)7-1-2-7/h7-9,11,13H,1-6H2,(H,16,17). The van der Waals surface area contributed by atoms with Gasteiger partial charge in [-0.2, -0.15) is 0 Å². The van der Waals surface area contributed by atoms with Gasteiger partial charge in [0.25, 0.3) is 5.91 Å². The number of nitrogens with zero attached hydrogens (tertiary/aromatic N) is 1. The van der Waals surface area contributed by atoms with Gasteiger partial charge in [0.15, 0.2) is 0 Å². The summed E-state index contributed by atoms with van der Waals surface area (Å²) >= 11 is 1.60. The Hall–Kier alpha value is -0.790. The average molecular weight is 286 g/mol. The van der Waals surface area contributed by atoms with Gasteiger partial charge in [-0.05, 0) is 18.8 Å². The summed E-state index contributed by atoms with van der Waals surface area (Å²) < 4.78 is 5.47. The van der Waals surface area contributed by atoms with Crippen LogP contribution in [0.2, 0.25) is 0 Å². The minimum absolute atomic E-state index is 0.0270. The van der Waals surface area contributed by atoms with E-state index in [9.17, 15) is 14.7 Å². The number of hydrogen-bond donors (Lipinski definition) is 2. The predicted octanol–water partition coefficient (Wildman–Crippen LogP) is -0.260. The summed E-state index contributed by atoms with van der Waals surface area (Å²) in [6.07, 6.45) is 1.66. The van der Waals surface area contributed by atoms with Crippen molar-refractivity contribution in [3.05, 3.63) is 0 Å². The lowest BCUT2D eigenvalue weighted by Gasteiger charge is -2.32. The van der Waals surface area contributed by atoms with Crippen LogP contribution in [0.25, 0.3) is 0 Å². The summed E-state index contributed by atoms with van der Waals surface area (Å²) in [5, 5.41) is 12.4. The van der Waals surface area contributed by atoms with Gasteiger partial charge in [-0.25, -0.2) is 4.79 Å². The molecule has 2 N–H and O–H groups in total. The summed E-state index contributed by atoms with van der Waals surface area (Å²) in [5.41, 5.74) is 0. The van der Waals surface area contributed by atoms with E-state index in [1.807, 2.05) is 0 Å². The molecule has 1 amide bonds. The van der Waals surface area contributed by atoms with Crippen molar-refractivity contribution >= 4 is 23.6 Å². The average Bonchev–Trinajstić information content (AvgIpc) is 3.17. The third-order valence-corrected chi connectivity index (χ3v) is 5.26. The Balaban J connectivity index is 1.76. The summed E-state index contributed by atoms with van der Waals surface area (Å²) in [6.45, 7) is 1.72. The number of carbonyl (C=O) groups is 2. The van der Waals surface area contributed by atoms with Gasteiger partial charge in [-0.3, -0.25) is 4.79 Å². The maximum atomic E-state index is 12.5. The molecule has 1 aliphatic carbocycles. The van der Waals surface area contributed by atoms with Crippen LogP contribution in [0.3, 0.4) is 0 Å². The fraction of sp³-hybridized carbons (Fsp3) is 0.833. The molecule has 2 saturated heterocycles. The van der Waals surface area contributed by atoms with Gasteiger partial charge in [0.05, 0.1) is 12.0 Å². The SMILES string of the molecule is O=C(O)C1CSC(C2CC2)N1C(=O)C1CNCCO1. The molecule has 106 valence electrons. The zero-order valence-electron chi connectivity index (χ0n) is 10.6. The fourth-order valence-electron chi connectivity index (χ4n) is 2.63. The van der Waals surface area contributed by atoms with Crippen LogP contribution in [-0.4, -0.2) is 64.9 Å². The molecule has 3 fully saturated rings. The van der Waals surface area contributed by atoms with Gasteiger partial charge in [-0.15, -0.1) is 11.8 Å². The molecule has 7 heteroatoms. The quantitative estimate of drug-likeness (QED) is 0.744. The van der Waals surface area contributed by atoms with E-state index in [1.165, 1.54) is 0 Å². The predicted molar refractivity (Wildman–Crippen MR) is 69.8 cm³/mol. The lowest BCUT2D eigenvalue weighted by molar-refractivity contribution is -0.156. The third-order valence-electron chi connectivity index (χ3n) is 3.80. The number of carbonyl (C=O) groups excluding carboxylic acids is 1. The zero-order chi connectivity index (χ0) is 13.4. The van der Waals surface area contributed by atoms with Gasteiger partial charge < -0.3 is 20.1 Å². The Bertz CT molecular complexity index is 382. The number of hydrogen-bond acceptors (Lipinski definition) is 5.